The van der Waals surface area contributed by atoms with Crippen LogP contribution in [0.4, 0.5) is 5.82 Å². The average Bonchev–Trinajstić information content (AvgIpc) is 2.53. The summed E-state index contributed by atoms with van der Waals surface area (Å²) in [6.45, 7) is 1.86. The monoisotopic (exact) mass is 324 g/mol. The van der Waals surface area contributed by atoms with Crippen LogP contribution < -0.4 is 11.3 Å². The van der Waals surface area contributed by atoms with Crippen molar-refractivity contribution in [3.63, 3.8) is 0 Å². The van der Waals surface area contributed by atoms with Gasteiger partial charge in [-0.1, -0.05) is 17.8 Å². The van der Waals surface area contributed by atoms with Crippen molar-refractivity contribution in [1.82, 2.24) is 19.4 Å². The molecule has 114 valence electrons. The van der Waals surface area contributed by atoms with Crippen molar-refractivity contribution in [3.8, 4) is 6.07 Å². The number of aromatic nitrogens is 4. The van der Waals surface area contributed by atoms with Gasteiger partial charge in [-0.3, -0.25) is 9.20 Å². The van der Waals surface area contributed by atoms with E-state index >= 15 is 0 Å². The molecule has 0 spiro atoms. The van der Waals surface area contributed by atoms with Crippen molar-refractivity contribution in [3.05, 3.63) is 57.8 Å². The van der Waals surface area contributed by atoms with Gasteiger partial charge in [0.2, 0.25) is 0 Å². The molecular formula is C15H12N6OS. The predicted octanol–water partition coefficient (Wildman–Crippen LogP) is 1.54. The second kappa shape index (κ2) is 6.06. The van der Waals surface area contributed by atoms with Gasteiger partial charge >= 0.3 is 0 Å². The van der Waals surface area contributed by atoms with Gasteiger partial charge < -0.3 is 5.73 Å². The zero-order valence-corrected chi connectivity index (χ0v) is 13.0. The average molecular weight is 324 g/mol. The van der Waals surface area contributed by atoms with Crippen LogP contribution in [0.25, 0.3) is 5.65 Å². The van der Waals surface area contributed by atoms with E-state index in [9.17, 15) is 4.79 Å². The molecule has 3 heterocycles. The zero-order chi connectivity index (χ0) is 16.4. The van der Waals surface area contributed by atoms with Gasteiger partial charge in [0.1, 0.15) is 23.1 Å². The number of hydrogen-bond donors (Lipinski definition) is 1. The molecule has 3 aromatic rings. The van der Waals surface area contributed by atoms with Crippen LogP contribution in [-0.4, -0.2) is 19.4 Å². The zero-order valence-electron chi connectivity index (χ0n) is 12.2. The largest absolute Gasteiger partial charge is 0.382 e. The fraction of sp³-hybridized carbons (Fsp3) is 0.133. The van der Waals surface area contributed by atoms with Crippen LogP contribution in [0.3, 0.4) is 0 Å². The first kappa shape index (κ1) is 15.0. The Morgan fingerprint density at radius 1 is 1.39 bits per heavy atom. The second-order valence-electron chi connectivity index (χ2n) is 4.80. The molecule has 3 aromatic heterocycles. The molecule has 0 fully saturated rings. The van der Waals surface area contributed by atoms with Crippen molar-refractivity contribution in [2.75, 3.05) is 5.73 Å². The van der Waals surface area contributed by atoms with Crippen molar-refractivity contribution in [2.45, 2.75) is 17.8 Å². The maximum atomic E-state index is 12.2. The Morgan fingerprint density at radius 3 is 2.96 bits per heavy atom. The Kier molecular flexibility index (Phi) is 3.95. The van der Waals surface area contributed by atoms with E-state index in [4.69, 9.17) is 11.0 Å². The van der Waals surface area contributed by atoms with Gasteiger partial charge in [0.05, 0.1) is 11.9 Å². The smallest absolute Gasteiger partial charge is 0.258 e. The number of hydrogen-bond acceptors (Lipinski definition) is 7. The first-order chi connectivity index (χ1) is 11.1. The van der Waals surface area contributed by atoms with Gasteiger partial charge in [-0.15, -0.1) is 0 Å². The van der Waals surface area contributed by atoms with E-state index in [1.54, 1.807) is 10.5 Å². The summed E-state index contributed by atoms with van der Waals surface area (Å²) in [6.07, 6.45) is 1.39. The number of fused-ring (bicyclic) bond motifs is 1. The molecule has 0 aliphatic heterocycles. The van der Waals surface area contributed by atoms with E-state index < -0.39 is 0 Å². The SMILES string of the molecule is Cc1cccc2nc(CSc3ncc(C#N)c(N)n3)cc(=O)n12. The third-order valence-corrected chi connectivity index (χ3v) is 4.09. The van der Waals surface area contributed by atoms with Gasteiger partial charge in [-0.05, 0) is 19.1 Å². The molecule has 0 radical (unpaired) electrons. The first-order valence-electron chi connectivity index (χ1n) is 6.72. The molecule has 0 amide bonds. The molecule has 7 nitrogen and oxygen atoms in total. The van der Waals surface area contributed by atoms with Crippen LogP contribution in [0.2, 0.25) is 0 Å². The number of anilines is 1. The van der Waals surface area contributed by atoms with E-state index in [1.807, 2.05) is 25.1 Å². The summed E-state index contributed by atoms with van der Waals surface area (Å²) in [4.78, 5) is 24.8. The minimum absolute atomic E-state index is 0.121. The molecule has 0 atom stereocenters. The Bertz CT molecular complexity index is 991. The summed E-state index contributed by atoms with van der Waals surface area (Å²) in [5.41, 5.74) is 7.86. The normalized spacial score (nSPS) is 10.6. The fourth-order valence-electron chi connectivity index (χ4n) is 2.11. The molecule has 0 unspecified atom stereocenters. The second-order valence-corrected chi connectivity index (χ2v) is 5.74. The summed E-state index contributed by atoms with van der Waals surface area (Å²) in [5.74, 6) is 0.581. The van der Waals surface area contributed by atoms with Crippen LogP contribution in [-0.2, 0) is 5.75 Å². The number of nitriles is 1. The highest BCUT2D eigenvalue weighted by molar-refractivity contribution is 7.98. The molecule has 3 rings (SSSR count). The Hall–Kier alpha value is -2.92. The summed E-state index contributed by atoms with van der Waals surface area (Å²) >= 11 is 1.31. The lowest BCUT2D eigenvalue weighted by Crippen LogP contribution is -2.17. The Balaban J connectivity index is 1.87. The van der Waals surface area contributed by atoms with Gasteiger partial charge in [-0.25, -0.2) is 15.0 Å². The third kappa shape index (κ3) is 3.00. The lowest BCUT2D eigenvalue weighted by atomic mass is 10.3. The Labute approximate surface area is 135 Å². The minimum atomic E-state index is -0.121. The quantitative estimate of drug-likeness (QED) is 0.574. The minimum Gasteiger partial charge on any atom is -0.382 e. The van der Waals surface area contributed by atoms with Gasteiger partial charge in [-0.2, -0.15) is 5.26 Å². The number of nitrogens with zero attached hydrogens (tertiary/aromatic N) is 5. The van der Waals surface area contributed by atoms with Crippen LogP contribution in [0.15, 0.2) is 40.4 Å². The summed E-state index contributed by atoms with van der Waals surface area (Å²) < 4.78 is 1.56. The highest BCUT2D eigenvalue weighted by Crippen LogP contribution is 2.19. The number of aryl methyl sites for hydroxylation is 1. The van der Waals surface area contributed by atoms with Gasteiger partial charge in [0.25, 0.3) is 5.56 Å². The summed E-state index contributed by atoms with van der Waals surface area (Å²) in [7, 11) is 0. The maximum Gasteiger partial charge on any atom is 0.258 e. The Morgan fingerprint density at radius 2 is 2.22 bits per heavy atom. The molecular weight excluding hydrogens is 312 g/mol. The molecule has 8 heteroatoms. The molecule has 0 saturated heterocycles. The summed E-state index contributed by atoms with van der Waals surface area (Å²) in [6, 6.07) is 8.92. The van der Waals surface area contributed by atoms with Crippen LogP contribution >= 0.6 is 11.8 Å². The van der Waals surface area contributed by atoms with E-state index in [1.165, 1.54) is 24.0 Å². The topological polar surface area (TPSA) is 110 Å². The van der Waals surface area contributed by atoms with E-state index in [-0.39, 0.29) is 16.9 Å². The van der Waals surface area contributed by atoms with E-state index in [0.717, 1.165) is 5.69 Å². The first-order valence-corrected chi connectivity index (χ1v) is 7.71. The van der Waals surface area contributed by atoms with Crippen LogP contribution in [0, 0.1) is 18.3 Å². The molecule has 0 aromatic carbocycles. The third-order valence-electron chi connectivity index (χ3n) is 3.20. The maximum absolute atomic E-state index is 12.2. The summed E-state index contributed by atoms with van der Waals surface area (Å²) in [5, 5.41) is 9.24. The molecule has 0 saturated carbocycles. The molecule has 23 heavy (non-hydrogen) atoms. The van der Waals surface area contributed by atoms with Gasteiger partial charge in [0.15, 0.2) is 5.16 Å². The molecule has 2 N–H and O–H groups in total. The fourth-order valence-corrected chi connectivity index (χ4v) is 2.82. The highest BCUT2D eigenvalue weighted by atomic mass is 32.2. The van der Waals surface area contributed by atoms with Crippen molar-refractivity contribution < 1.29 is 0 Å². The molecule has 0 aliphatic carbocycles. The van der Waals surface area contributed by atoms with E-state index in [2.05, 4.69) is 15.0 Å². The number of nitrogen functional groups attached to an aromatic ring is 1. The number of nitrogens with two attached hydrogens (primary N) is 1. The van der Waals surface area contributed by atoms with Crippen molar-refractivity contribution in [2.24, 2.45) is 0 Å². The van der Waals surface area contributed by atoms with Crippen LogP contribution in [0.1, 0.15) is 17.0 Å². The van der Waals surface area contributed by atoms with Gasteiger partial charge in [0, 0.05) is 17.5 Å². The number of pyridine rings is 1. The lowest BCUT2D eigenvalue weighted by Gasteiger charge is -2.06. The number of thioether (sulfide) groups is 1. The predicted molar refractivity (Wildman–Crippen MR) is 86.9 cm³/mol. The van der Waals surface area contributed by atoms with Crippen molar-refractivity contribution in [1.29, 1.82) is 5.26 Å². The number of rotatable bonds is 3. The highest BCUT2D eigenvalue weighted by Gasteiger charge is 2.08. The molecule has 0 aliphatic rings. The lowest BCUT2D eigenvalue weighted by molar-refractivity contribution is 0.955. The standard InChI is InChI=1S/C15H12N6OS/c1-9-3-2-4-12-19-11(5-13(22)21(9)12)8-23-15-18-7-10(6-16)14(17)20-15/h2-5,7H,8H2,1H3,(H2,17,18,20). The van der Waals surface area contributed by atoms with Crippen molar-refractivity contribution >= 4 is 23.2 Å². The van der Waals surface area contributed by atoms with Crippen LogP contribution in [0.5, 0.6) is 0 Å². The molecule has 0 bridgehead atoms. The van der Waals surface area contributed by atoms with E-state index in [0.29, 0.717) is 22.3 Å².